The third kappa shape index (κ3) is 19.8. The van der Waals surface area contributed by atoms with Gasteiger partial charge in [-0.05, 0) is 85.9 Å². The molecule has 0 bridgehead atoms. The summed E-state index contributed by atoms with van der Waals surface area (Å²) in [4.78, 5) is 4.37. The molecule has 1 saturated carbocycles. The molecule has 10 heteroatoms. The first-order valence-corrected chi connectivity index (χ1v) is 20.0. The van der Waals surface area contributed by atoms with Crippen LogP contribution in [0.25, 0.3) is 5.57 Å². The number of rotatable bonds is 14. The van der Waals surface area contributed by atoms with Crippen molar-refractivity contribution in [1.82, 2.24) is 0 Å². The summed E-state index contributed by atoms with van der Waals surface area (Å²) >= 11 is 0. The first-order valence-electron chi connectivity index (χ1n) is 20.0. The van der Waals surface area contributed by atoms with Gasteiger partial charge in [-0.15, -0.1) is 0 Å². The molecule has 0 saturated heterocycles. The topological polar surface area (TPSA) is 24.4 Å². The van der Waals surface area contributed by atoms with Crippen LogP contribution in [0.4, 0.5) is 40.8 Å². The molecule has 0 spiro atoms. The minimum atomic E-state index is -4.93. The van der Waals surface area contributed by atoms with Gasteiger partial charge in [-0.3, -0.25) is 0 Å². The fraction of sp³-hybridized carbons (Fsp3) is 0.578. The van der Waals surface area contributed by atoms with Crippen molar-refractivity contribution < 1.29 is 35.1 Å². The van der Waals surface area contributed by atoms with Gasteiger partial charge in [-0.1, -0.05) is 129 Å². The lowest BCUT2D eigenvalue weighted by molar-refractivity contribution is -0.143. The average Bonchev–Trinajstić information content (AvgIpc) is 3.11. The number of allylic oxidation sites excluding steroid dienone is 5. The predicted octanol–water partition coefficient (Wildman–Crippen LogP) is 16.4. The van der Waals surface area contributed by atoms with Gasteiger partial charge in [-0.25, -0.2) is 13.8 Å². The van der Waals surface area contributed by atoms with Crippen LogP contribution in [0.1, 0.15) is 161 Å². The molecule has 55 heavy (non-hydrogen) atoms. The largest absolute Gasteiger partial charge is 0.416 e. The lowest BCUT2D eigenvalue weighted by atomic mass is 9.91. The second kappa shape index (κ2) is 25.0. The number of alkyl halides is 8. The lowest BCUT2D eigenvalue weighted by Gasteiger charge is -2.16. The molecule has 1 aliphatic carbocycles. The number of nitrogens with zero attached hydrogens (tertiary/aromatic N) is 1. The van der Waals surface area contributed by atoms with E-state index < -0.39 is 29.4 Å². The number of hydrogen-bond donors (Lipinski definition) is 1. The van der Waals surface area contributed by atoms with Crippen LogP contribution in [0.5, 0.6) is 0 Å². The van der Waals surface area contributed by atoms with Crippen molar-refractivity contribution in [3.05, 3.63) is 94.2 Å². The van der Waals surface area contributed by atoms with Gasteiger partial charge in [0.25, 0.3) is 0 Å². The first-order chi connectivity index (χ1) is 25.8. The van der Waals surface area contributed by atoms with E-state index in [1.54, 1.807) is 13.1 Å². The Morgan fingerprint density at radius 3 is 1.73 bits per heavy atom. The van der Waals surface area contributed by atoms with Gasteiger partial charge in [0.05, 0.1) is 11.1 Å². The Hall–Kier alpha value is -3.43. The average molecular weight is 785 g/mol. The summed E-state index contributed by atoms with van der Waals surface area (Å²) in [5.74, 6) is -1.22. The van der Waals surface area contributed by atoms with E-state index in [1.165, 1.54) is 44.6 Å². The molecule has 0 atom stereocenters. The minimum absolute atomic E-state index is 0.0523. The molecular formula is C45H64F8N2. The number of nitrogens with one attached hydrogen (secondary N) is 1. The summed E-state index contributed by atoms with van der Waals surface area (Å²) in [5.41, 5.74) is 1.77. The highest BCUT2D eigenvalue weighted by atomic mass is 19.4. The zero-order valence-corrected chi connectivity index (χ0v) is 34.2. The van der Waals surface area contributed by atoms with E-state index in [0.29, 0.717) is 25.0 Å². The highest BCUT2D eigenvalue weighted by Crippen LogP contribution is 2.38. The number of anilines is 1. The van der Waals surface area contributed by atoms with Crippen molar-refractivity contribution in [1.29, 1.82) is 0 Å². The summed E-state index contributed by atoms with van der Waals surface area (Å²) in [6, 6.07) is 9.54. The minimum Gasteiger partial charge on any atom is -0.344 e. The Morgan fingerprint density at radius 1 is 0.727 bits per heavy atom. The van der Waals surface area contributed by atoms with Gasteiger partial charge in [0.15, 0.2) is 0 Å². The zero-order chi connectivity index (χ0) is 41.7. The molecule has 2 aromatic rings. The molecule has 1 N–H and O–H groups in total. The number of hydrogen-bond acceptors (Lipinski definition) is 1. The van der Waals surface area contributed by atoms with Gasteiger partial charge in [0, 0.05) is 30.3 Å². The number of aryl methyl sites for hydroxylation is 1. The summed E-state index contributed by atoms with van der Waals surface area (Å²) in [7, 11) is 0. The molecule has 3 rings (SSSR count). The number of aliphatic imine (C=N–C) groups is 1. The summed E-state index contributed by atoms with van der Waals surface area (Å²) < 4.78 is 105. The first kappa shape index (κ1) is 49.6. The van der Waals surface area contributed by atoms with E-state index in [-0.39, 0.29) is 30.4 Å². The molecule has 1 aliphatic rings. The SMILES string of the molecule is CC1CCCCC1.CCCCCC(F)(F)CCC.CC\C=C(C(=C/N=C(C)Nc1cc(C(F)(F)F)cc(C(F)(F)F)c1)/C(C)=C/CC)\c1ccc(CC)cc1. The molecule has 0 radical (unpaired) electrons. The molecule has 0 heterocycles. The molecule has 310 valence electrons. The van der Waals surface area contributed by atoms with E-state index in [0.717, 1.165) is 60.3 Å². The van der Waals surface area contributed by atoms with Crippen LogP contribution in [0.3, 0.4) is 0 Å². The predicted molar refractivity (Wildman–Crippen MR) is 216 cm³/mol. The van der Waals surface area contributed by atoms with E-state index in [1.807, 2.05) is 45.9 Å². The fourth-order valence-corrected chi connectivity index (χ4v) is 6.17. The van der Waals surface area contributed by atoms with Crippen molar-refractivity contribution >= 4 is 17.1 Å². The van der Waals surface area contributed by atoms with Crippen LogP contribution >= 0.6 is 0 Å². The van der Waals surface area contributed by atoms with Gasteiger partial charge in [0.2, 0.25) is 5.92 Å². The van der Waals surface area contributed by atoms with Crippen molar-refractivity contribution in [2.75, 3.05) is 5.32 Å². The third-order valence-electron chi connectivity index (χ3n) is 9.26. The molecular weight excluding hydrogens is 720 g/mol. The summed E-state index contributed by atoms with van der Waals surface area (Å²) in [5, 5.41) is 2.59. The second-order valence-electron chi connectivity index (χ2n) is 14.4. The van der Waals surface area contributed by atoms with E-state index in [4.69, 9.17) is 0 Å². The standard InChI is InChI=1S/C29H32F6N2.C9H18F2.C7H14/c1-6-9-19(4)27(26(10-7-2)22-13-11-21(8-3)12-14-22)18-36-20(5)37-25-16-23(28(30,31)32)15-24(17-25)29(33,34)35;1-3-5-6-8-9(10,11)7-4-2;1-7-5-3-2-4-6-7/h9-18H,6-8H2,1-5H3,(H,36,37);3-8H2,1-2H3;7H,2-6H2,1H3/b19-9+,26-10-,27-18+;;. The van der Waals surface area contributed by atoms with Crippen LogP contribution in [0.15, 0.2) is 77.0 Å². The monoisotopic (exact) mass is 784 g/mol. The summed E-state index contributed by atoms with van der Waals surface area (Å²) in [6.07, 6.45) is 9.06. The number of unbranched alkanes of at least 4 members (excludes halogenated alkanes) is 2. The van der Waals surface area contributed by atoms with Gasteiger partial charge in [-0.2, -0.15) is 26.3 Å². The van der Waals surface area contributed by atoms with Crippen LogP contribution in [-0.2, 0) is 18.8 Å². The lowest BCUT2D eigenvalue weighted by Crippen LogP contribution is -2.14. The zero-order valence-electron chi connectivity index (χ0n) is 34.2. The Kier molecular flexibility index (Phi) is 22.5. The Morgan fingerprint density at radius 2 is 1.29 bits per heavy atom. The van der Waals surface area contributed by atoms with E-state index in [2.05, 4.69) is 42.4 Å². The normalized spacial score (nSPS) is 15.2. The molecule has 2 nitrogen and oxygen atoms in total. The molecule has 0 amide bonds. The Labute approximate surface area is 325 Å². The van der Waals surface area contributed by atoms with Gasteiger partial charge >= 0.3 is 12.4 Å². The molecule has 0 aromatic heterocycles. The van der Waals surface area contributed by atoms with Crippen LogP contribution in [0.2, 0.25) is 0 Å². The Bertz CT molecular complexity index is 1470. The van der Waals surface area contributed by atoms with Crippen LogP contribution < -0.4 is 5.32 Å². The highest BCUT2D eigenvalue weighted by molar-refractivity contribution is 5.94. The van der Waals surface area contributed by atoms with Crippen molar-refractivity contribution in [3.8, 4) is 0 Å². The third-order valence-corrected chi connectivity index (χ3v) is 9.26. The molecule has 0 aliphatic heterocycles. The van der Waals surface area contributed by atoms with Gasteiger partial charge in [0.1, 0.15) is 5.84 Å². The van der Waals surface area contributed by atoms with Crippen molar-refractivity contribution in [2.45, 2.75) is 164 Å². The quantitative estimate of drug-likeness (QED) is 0.0666. The van der Waals surface area contributed by atoms with Crippen molar-refractivity contribution in [3.63, 3.8) is 0 Å². The van der Waals surface area contributed by atoms with E-state index >= 15 is 0 Å². The smallest absolute Gasteiger partial charge is 0.344 e. The maximum absolute atomic E-state index is 13.2. The maximum atomic E-state index is 13.2. The fourth-order valence-electron chi connectivity index (χ4n) is 6.17. The summed E-state index contributed by atoms with van der Waals surface area (Å²) in [6.45, 7) is 15.7. The maximum Gasteiger partial charge on any atom is 0.416 e. The number of halogens is 8. The molecule has 1 fully saturated rings. The molecule has 0 unspecified atom stereocenters. The Balaban J connectivity index is 0.000000683. The van der Waals surface area contributed by atoms with Gasteiger partial charge < -0.3 is 5.32 Å². The van der Waals surface area contributed by atoms with Crippen molar-refractivity contribution in [2.24, 2.45) is 10.9 Å². The number of benzene rings is 2. The number of amidine groups is 1. The van der Waals surface area contributed by atoms with E-state index in [9.17, 15) is 35.1 Å². The molecule has 2 aromatic carbocycles. The highest BCUT2D eigenvalue weighted by Gasteiger charge is 2.37. The van der Waals surface area contributed by atoms with Crippen LogP contribution in [-0.4, -0.2) is 11.8 Å². The second-order valence-corrected chi connectivity index (χ2v) is 14.4. The van der Waals surface area contributed by atoms with Crippen LogP contribution in [0, 0.1) is 5.92 Å².